The minimum Gasteiger partial charge on any atom is -0.310 e. The molecule has 1 aromatic carbocycles. The lowest BCUT2D eigenvalue weighted by molar-refractivity contribution is 0.286. The SMILES string of the molecule is CCC(NCCC1CCC1)c1ccccc1F. The van der Waals surface area contributed by atoms with E-state index in [1.807, 2.05) is 12.1 Å². The first-order valence-corrected chi connectivity index (χ1v) is 6.79. The number of nitrogens with one attached hydrogen (secondary N) is 1. The van der Waals surface area contributed by atoms with Gasteiger partial charge < -0.3 is 5.32 Å². The van der Waals surface area contributed by atoms with E-state index in [-0.39, 0.29) is 11.9 Å². The molecule has 1 aliphatic carbocycles. The van der Waals surface area contributed by atoms with Crippen LogP contribution in [-0.4, -0.2) is 6.54 Å². The fraction of sp³-hybridized carbons (Fsp3) is 0.600. The highest BCUT2D eigenvalue weighted by Crippen LogP contribution is 2.29. The minimum atomic E-state index is -0.0875. The van der Waals surface area contributed by atoms with Gasteiger partial charge in [0.2, 0.25) is 0 Å². The largest absolute Gasteiger partial charge is 0.310 e. The second-order valence-corrected chi connectivity index (χ2v) is 5.02. The van der Waals surface area contributed by atoms with E-state index in [0.29, 0.717) is 0 Å². The Morgan fingerprint density at radius 3 is 2.71 bits per heavy atom. The second kappa shape index (κ2) is 6.15. The van der Waals surface area contributed by atoms with E-state index in [1.165, 1.54) is 25.7 Å². The van der Waals surface area contributed by atoms with Crippen LogP contribution in [-0.2, 0) is 0 Å². The third kappa shape index (κ3) is 3.29. The summed E-state index contributed by atoms with van der Waals surface area (Å²) < 4.78 is 13.6. The van der Waals surface area contributed by atoms with Gasteiger partial charge in [-0.15, -0.1) is 0 Å². The summed E-state index contributed by atoms with van der Waals surface area (Å²) in [5, 5.41) is 3.49. The van der Waals surface area contributed by atoms with Gasteiger partial charge in [0.05, 0.1) is 0 Å². The maximum Gasteiger partial charge on any atom is 0.127 e. The van der Waals surface area contributed by atoms with Crippen LogP contribution in [0, 0.1) is 11.7 Å². The summed E-state index contributed by atoms with van der Waals surface area (Å²) in [6, 6.07) is 7.26. The first-order valence-electron chi connectivity index (χ1n) is 6.79. The van der Waals surface area contributed by atoms with Crippen LogP contribution in [0.4, 0.5) is 4.39 Å². The van der Waals surface area contributed by atoms with Gasteiger partial charge in [0.25, 0.3) is 0 Å². The Bertz CT molecular complexity index is 347. The molecule has 1 aromatic rings. The van der Waals surface area contributed by atoms with Gasteiger partial charge in [-0.2, -0.15) is 0 Å². The quantitative estimate of drug-likeness (QED) is 0.784. The van der Waals surface area contributed by atoms with E-state index in [2.05, 4.69) is 12.2 Å². The molecule has 0 spiro atoms. The summed E-state index contributed by atoms with van der Waals surface area (Å²) in [7, 11) is 0. The third-order valence-electron chi connectivity index (χ3n) is 3.86. The average molecular weight is 235 g/mol. The fourth-order valence-electron chi connectivity index (χ4n) is 2.48. The predicted octanol–water partition coefficient (Wildman–Crippen LogP) is 4.06. The minimum absolute atomic E-state index is 0.0875. The summed E-state index contributed by atoms with van der Waals surface area (Å²) in [6.45, 7) is 3.12. The summed E-state index contributed by atoms with van der Waals surface area (Å²) in [6.07, 6.45) is 6.35. The van der Waals surface area contributed by atoms with Gasteiger partial charge >= 0.3 is 0 Å². The van der Waals surface area contributed by atoms with Crippen molar-refractivity contribution in [3.05, 3.63) is 35.6 Å². The second-order valence-electron chi connectivity index (χ2n) is 5.02. The van der Waals surface area contributed by atoms with Crippen LogP contribution in [0.1, 0.15) is 50.6 Å². The van der Waals surface area contributed by atoms with Gasteiger partial charge in [-0.05, 0) is 31.4 Å². The molecular formula is C15H22FN. The molecule has 2 heteroatoms. The maximum atomic E-state index is 13.6. The monoisotopic (exact) mass is 235 g/mol. The topological polar surface area (TPSA) is 12.0 Å². The number of halogens is 1. The fourth-order valence-corrected chi connectivity index (χ4v) is 2.48. The van der Waals surface area contributed by atoms with Gasteiger partial charge in [0.1, 0.15) is 5.82 Å². The number of hydrogen-bond acceptors (Lipinski definition) is 1. The van der Waals surface area contributed by atoms with Crippen LogP contribution < -0.4 is 5.32 Å². The van der Waals surface area contributed by atoms with E-state index in [9.17, 15) is 4.39 Å². The maximum absolute atomic E-state index is 13.6. The Morgan fingerprint density at radius 1 is 1.35 bits per heavy atom. The molecule has 1 unspecified atom stereocenters. The molecule has 17 heavy (non-hydrogen) atoms. The Hall–Kier alpha value is -0.890. The molecular weight excluding hydrogens is 213 g/mol. The summed E-state index contributed by atoms with van der Waals surface area (Å²) in [5.74, 6) is 0.830. The Balaban J connectivity index is 1.85. The van der Waals surface area contributed by atoms with Crippen molar-refractivity contribution in [1.82, 2.24) is 5.32 Å². The van der Waals surface area contributed by atoms with Crippen molar-refractivity contribution in [2.75, 3.05) is 6.54 Å². The van der Waals surface area contributed by atoms with E-state index in [1.54, 1.807) is 12.1 Å². The van der Waals surface area contributed by atoms with E-state index in [0.717, 1.165) is 24.4 Å². The van der Waals surface area contributed by atoms with Gasteiger partial charge in [0, 0.05) is 11.6 Å². The van der Waals surface area contributed by atoms with Crippen molar-refractivity contribution in [1.29, 1.82) is 0 Å². The van der Waals surface area contributed by atoms with Gasteiger partial charge in [-0.1, -0.05) is 44.4 Å². The Kier molecular flexibility index (Phi) is 4.55. The molecule has 94 valence electrons. The average Bonchev–Trinajstić information content (AvgIpc) is 2.28. The van der Waals surface area contributed by atoms with Crippen LogP contribution in [0.15, 0.2) is 24.3 Å². The zero-order chi connectivity index (χ0) is 12.1. The Labute approximate surface area is 103 Å². The normalized spacial score (nSPS) is 17.8. The molecule has 1 nitrogen and oxygen atoms in total. The molecule has 0 aromatic heterocycles. The summed E-state index contributed by atoms with van der Waals surface area (Å²) >= 11 is 0. The molecule has 1 N–H and O–H groups in total. The van der Waals surface area contributed by atoms with Gasteiger partial charge in [-0.3, -0.25) is 0 Å². The van der Waals surface area contributed by atoms with Crippen molar-refractivity contribution in [2.45, 2.75) is 45.1 Å². The molecule has 1 atom stereocenters. The lowest BCUT2D eigenvalue weighted by atomic mass is 9.83. The summed E-state index contributed by atoms with van der Waals surface area (Å²) in [4.78, 5) is 0. The van der Waals surface area contributed by atoms with E-state index < -0.39 is 0 Å². The molecule has 1 saturated carbocycles. The molecule has 0 bridgehead atoms. The number of hydrogen-bond donors (Lipinski definition) is 1. The lowest BCUT2D eigenvalue weighted by Gasteiger charge is -2.26. The van der Waals surface area contributed by atoms with Crippen molar-refractivity contribution in [3.63, 3.8) is 0 Å². The zero-order valence-electron chi connectivity index (χ0n) is 10.6. The van der Waals surface area contributed by atoms with Gasteiger partial charge in [0.15, 0.2) is 0 Å². The molecule has 1 aliphatic rings. The first kappa shape index (κ1) is 12.6. The number of benzene rings is 1. The van der Waals surface area contributed by atoms with Gasteiger partial charge in [-0.25, -0.2) is 4.39 Å². The lowest BCUT2D eigenvalue weighted by Crippen LogP contribution is -2.26. The first-order chi connectivity index (χ1) is 8.31. The zero-order valence-corrected chi connectivity index (χ0v) is 10.6. The van der Waals surface area contributed by atoms with Crippen molar-refractivity contribution in [2.24, 2.45) is 5.92 Å². The van der Waals surface area contributed by atoms with E-state index in [4.69, 9.17) is 0 Å². The smallest absolute Gasteiger partial charge is 0.127 e. The molecule has 0 saturated heterocycles. The van der Waals surface area contributed by atoms with Crippen LogP contribution in [0.25, 0.3) is 0 Å². The van der Waals surface area contributed by atoms with Crippen molar-refractivity contribution < 1.29 is 4.39 Å². The van der Waals surface area contributed by atoms with Crippen LogP contribution >= 0.6 is 0 Å². The molecule has 0 heterocycles. The summed E-state index contributed by atoms with van der Waals surface area (Å²) in [5.41, 5.74) is 0.809. The molecule has 0 radical (unpaired) electrons. The molecule has 2 rings (SSSR count). The van der Waals surface area contributed by atoms with Crippen LogP contribution in [0.2, 0.25) is 0 Å². The van der Waals surface area contributed by atoms with Crippen LogP contribution in [0.5, 0.6) is 0 Å². The predicted molar refractivity (Wildman–Crippen MR) is 69.4 cm³/mol. The standard InChI is InChI=1S/C15H22FN/c1-2-15(13-8-3-4-9-14(13)16)17-11-10-12-6-5-7-12/h3-4,8-9,12,15,17H,2,5-7,10-11H2,1H3. The number of rotatable bonds is 6. The highest BCUT2D eigenvalue weighted by Gasteiger charge is 2.18. The molecule has 0 amide bonds. The molecule has 0 aliphatic heterocycles. The van der Waals surface area contributed by atoms with Crippen LogP contribution in [0.3, 0.4) is 0 Å². The third-order valence-corrected chi connectivity index (χ3v) is 3.86. The van der Waals surface area contributed by atoms with Crippen molar-refractivity contribution >= 4 is 0 Å². The highest BCUT2D eigenvalue weighted by atomic mass is 19.1. The Morgan fingerprint density at radius 2 is 2.12 bits per heavy atom. The van der Waals surface area contributed by atoms with E-state index >= 15 is 0 Å². The van der Waals surface area contributed by atoms with Crippen molar-refractivity contribution in [3.8, 4) is 0 Å². The highest BCUT2D eigenvalue weighted by molar-refractivity contribution is 5.21. The molecule has 1 fully saturated rings.